The first-order valence-electron chi connectivity index (χ1n) is 5.52. The van der Waals surface area contributed by atoms with Crippen LogP contribution in [-0.4, -0.2) is 52.3 Å². The highest BCUT2D eigenvalue weighted by atomic mass is 35.7. The van der Waals surface area contributed by atoms with Crippen molar-refractivity contribution in [1.29, 1.82) is 0 Å². The van der Waals surface area contributed by atoms with Crippen LogP contribution in [0.2, 0.25) is 0 Å². The summed E-state index contributed by atoms with van der Waals surface area (Å²) < 4.78 is 28.7. The van der Waals surface area contributed by atoms with E-state index in [1.54, 1.807) is 0 Å². The van der Waals surface area contributed by atoms with Crippen molar-refractivity contribution in [2.24, 2.45) is 5.92 Å². The van der Waals surface area contributed by atoms with Gasteiger partial charge in [-0.15, -0.1) is 0 Å². The van der Waals surface area contributed by atoms with Gasteiger partial charge in [0.15, 0.2) is 0 Å². The Kier molecular flexibility index (Phi) is 9.17. The summed E-state index contributed by atoms with van der Waals surface area (Å²) in [6.45, 7) is 5.47. The summed E-state index contributed by atoms with van der Waals surface area (Å²) in [7, 11) is 1.31. The van der Waals surface area contributed by atoms with Gasteiger partial charge >= 0.3 is 0 Å². The van der Waals surface area contributed by atoms with E-state index in [9.17, 15) is 8.42 Å². The number of aliphatic hydroxyl groups excluding tert-OH is 1. The van der Waals surface area contributed by atoms with Gasteiger partial charge in [0.25, 0.3) is 0 Å². The molecule has 7 heteroatoms. The van der Waals surface area contributed by atoms with Crippen molar-refractivity contribution < 1.29 is 23.0 Å². The molecular weight excluding hydrogens is 268 g/mol. The molecule has 0 aromatic carbocycles. The lowest BCUT2D eigenvalue weighted by molar-refractivity contribution is 0.127. The summed E-state index contributed by atoms with van der Waals surface area (Å²) in [5.41, 5.74) is 0. The van der Waals surface area contributed by atoms with Crippen LogP contribution in [0, 0.1) is 5.92 Å². The molecule has 2 aliphatic rings. The van der Waals surface area contributed by atoms with Gasteiger partial charge in [0.2, 0.25) is 9.05 Å². The van der Waals surface area contributed by atoms with Crippen molar-refractivity contribution in [3.63, 3.8) is 0 Å². The summed E-state index contributed by atoms with van der Waals surface area (Å²) in [5, 5.41) is 8.60. The molecule has 17 heavy (non-hydrogen) atoms. The van der Waals surface area contributed by atoms with E-state index in [1.807, 2.05) is 0 Å². The van der Waals surface area contributed by atoms with Gasteiger partial charge in [-0.3, -0.25) is 0 Å². The highest BCUT2D eigenvalue weighted by molar-refractivity contribution is 8.13. The van der Waals surface area contributed by atoms with Crippen molar-refractivity contribution >= 4 is 19.7 Å². The maximum atomic E-state index is 9.40. The molecule has 2 heterocycles. The van der Waals surface area contributed by atoms with Crippen LogP contribution < -0.4 is 0 Å². The Morgan fingerprint density at radius 1 is 1.18 bits per heavy atom. The fourth-order valence-electron chi connectivity index (χ4n) is 1.17. The molecule has 2 atom stereocenters. The lowest BCUT2D eigenvalue weighted by atomic mass is 10.2. The fraction of sp³-hybridized carbons (Fsp3) is 1.00. The van der Waals surface area contributed by atoms with Crippen molar-refractivity contribution in [2.45, 2.75) is 25.9 Å². The zero-order chi connectivity index (χ0) is 13.3. The van der Waals surface area contributed by atoms with Crippen LogP contribution >= 0.6 is 10.7 Å². The third-order valence-corrected chi connectivity index (χ3v) is 2.06. The molecule has 2 aliphatic heterocycles. The maximum Gasteiger partial charge on any atom is 0.229 e. The molecule has 0 saturated carbocycles. The Bertz CT molecular complexity index is 246. The molecule has 0 unspecified atom stereocenters. The number of aliphatic hydroxyl groups is 1. The van der Waals surface area contributed by atoms with Gasteiger partial charge in [-0.2, -0.15) is 0 Å². The molecule has 2 saturated heterocycles. The van der Waals surface area contributed by atoms with Gasteiger partial charge in [-0.1, -0.05) is 6.92 Å². The van der Waals surface area contributed by atoms with E-state index in [0.717, 1.165) is 38.4 Å². The van der Waals surface area contributed by atoms with Gasteiger partial charge in [0.1, 0.15) is 0 Å². The average Bonchev–Trinajstić information content (AvgIpc) is 2.76. The van der Waals surface area contributed by atoms with Crippen LogP contribution in [0.5, 0.6) is 0 Å². The second kappa shape index (κ2) is 9.10. The summed E-state index contributed by atoms with van der Waals surface area (Å²) in [5.74, 6) is 0.824. The zero-order valence-corrected chi connectivity index (χ0v) is 11.8. The molecule has 0 spiro atoms. The first-order chi connectivity index (χ1) is 7.79. The lowest BCUT2D eigenvalue weighted by Gasteiger charge is -1.89. The predicted molar refractivity (Wildman–Crippen MR) is 66.7 cm³/mol. The molecule has 104 valence electrons. The highest BCUT2D eigenvalue weighted by Gasteiger charge is 2.09. The Hall–Kier alpha value is 0.120. The molecular formula is C10H21ClO5S. The van der Waals surface area contributed by atoms with Crippen molar-refractivity contribution in [3.05, 3.63) is 0 Å². The van der Waals surface area contributed by atoms with Crippen LogP contribution in [0.3, 0.4) is 0 Å². The Balaban J connectivity index is 0.000000228. The lowest BCUT2D eigenvalue weighted by Crippen LogP contribution is -2.02. The van der Waals surface area contributed by atoms with Crippen LogP contribution in [0.25, 0.3) is 0 Å². The zero-order valence-electron chi connectivity index (χ0n) is 10.3. The SMILES string of the molecule is CS(=O)(=O)Cl.C[C@H]1CCOC1.O[C@H]1CCOC1. The number of rotatable bonds is 0. The molecule has 2 rings (SSSR count). The van der Waals surface area contributed by atoms with Gasteiger partial charge in [0.05, 0.1) is 19.0 Å². The molecule has 0 aromatic rings. The standard InChI is InChI=1S/C5H10O.C4H8O2.CH3ClO2S/c1-5-2-3-6-4-5;5-4-1-2-6-3-4;1-5(2,3)4/h5H,2-4H2,1H3;4-5H,1-3H2;1H3/t5-;4-;/m00./s1. The fourth-order valence-corrected chi connectivity index (χ4v) is 1.17. The number of halogens is 1. The van der Waals surface area contributed by atoms with Crippen molar-refractivity contribution in [2.75, 3.05) is 32.7 Å². The van der Waals surface area contributed by atoms with E-state index < -0.39 is 9.05 Å². The largest absolute Gasteiger partial charge is 0.391 e. The molecule has 0 amide bonds. The van der Waals surface area contributed by atoms with Gasteiger partial charge < -0.3 is 14.6 Å². The van der Waals surface area contributed by atoms with Crippen LogP contribution in [0.15, 0.2) is 0 Å². The minimum atomic E-state index is -3.19. The summed E-state index contributed by atoms with van der Waals surface area (Å²) >= 11 is 0. The van der Waals surface area contributed by atoms with E-state index >= 15 is 0 Å². The van der Waals surface area contributed by atoms with E-state index in [-0.39, 0.29) is 6.10 Å². The molecule has 0 aliphatic carbocycles. The predicted octanol–water partition coefficient (Wildman–Crippen LogP) is 0.995. The van der Waals surface area contributed by atoms with Crippen LogP contribution in [0.1, 0.15) is 19.8 Å². The van der Waals surface area contributed by atoms with Gasteiger partial charge in [-0.25, -0.2) is 8.42 Å². The second-order valence-electron chi connectivity index (χ2n) is 4.17. The van der Waals surface area contributed by atoms with E-state index in [0.29, 0.717) is 6.61 Å². The quantitative estimate of drug-likeness (QED) is 0.673. The third-order valence-electron chi connectivity index (χ3n) is 2.06. The summed E-state index contributed by atoms with van der Waals surface area (Å²) in [4.78, 5) is 0. The molecule has 0 bridgehead atoms. The van der Waals surface area contributed by atoms with Gasteiger partial charge in [-0.05, 0) is 18.8 Å². The summed E-state index contributed by atoms with van der Waals surface area (Å²) in [6, 6.07) is 0. The third kappa shape index (κ3) is 16.1. The van der Waals surface area contributed by atoms with E-state index in [2.05, 4.69) is 17.6 Å². The summed E-state index contributed by atoms with van der Waals surface area (Å²) in [6.07, 6.45) is 2.83. The molecule has 0 radical (unpaired) electrons. The normalized spacial score (nSPS) is 27.8. The van der Waals surface area contributed by atoms with E-state index in [4.69, 9.17) is 14.6 Å². The van der Waals surface area contributed by atoms with Crippen LogP contribution in [-0.2, 0) is 18.5 Å². The first-order valence-corrected chi connectivity index (χ1v) is 8.24. The minimum Gasteiger partial charge on any atom is -0.391 e. The van der Waals surface area contributed by atoms with Gasteiger partial charge in [0, 0.05) is 30.5 Å². The Labute approximate surface area is 107 Å². The Morgan fingerprint density at radius 3 is 1.76 bits per heavy atom. The smallest absolute Gasteiger partial charge is 0.229 e. The Morgan fingerprint density at radius 2 is 1.65 bits per heavy atom. The first kappa shape index (κ1) is 17.1. The monoisotopic (exact) mass is 288 g/mol. The molecule has 2 fully saturated rings. The molecule has 1 N–H and O–H groups in total. The number of hydrogen-bond donors (Lipinski definition) is 1. The molecule has 0 aromatic heterocycles. The molecule has 5 nitrogen and oxygen atoms in total. The maximum absolute atomic E-state index is 9.40. The van der Waals surface area contributed by atoms with E-state index in [1.165, 1.54) is 6.42 Å². The number of ether oxygens (including phenoxy) is 2. The highest BCUT2D eigenvalue weighted by Crippen LogP contribution is 2.09. The minimum absolute atomic E-state index is 0.176. The number of hydrogen-bond acceptors (Lipinski definition) is 5. The topological polar surface area (TPSA) is 72.8 Å². The van der Waals surface area contributed by atoms with Crippen LogP contribution in [0.4, 0.5) is 0 Å². The average molecular weight is 289 g/mol. The second-order valence-corrected chi connectivity index (χ2v) is 7.21. The van der Waals surface area contributed by atoms with Crippen molar-refractivity contribution in [3.8, 4) is 0 Å². The van der Waals surface area contributed by atoms with Crippen molar-refractivity contribution in [1.82, 2.24) is 0 Å².